The predicted octanol–water partition coefficient (Wildman–Crippen LogP) is 7.09. The highest BCUT2D eigenvalue weighted by Crippen LogP contribution is 2.59. The fourth-order valence-electron chi connectivity index (χ4n) is 2.91. The summed E-state index contributed by atoms with van der Waals surface area (Å²) in [6.45, 7) is 3.87. The lowest BCUT2D eigenvalue weighted by molar-refractivity contribution is -0.392. The molecule has 170 valence electrons. The molecule has 0 aromatic carbocycles. The number of rotatable bonds is 9. The largest absolute Gasteiger partial charge is 0.389 e. The van der Waals surface area contributed by atoms with E-state index in [9.17, 15) is 57.1 Å². The molecule has 0 unspecified atom stereocenters. The second kappa shape index (κ2) is 7.86. The summed E-state index contributed by atoms with van der Waals surface area (Å²) in [7, 11) is -4.31. The van der Waals surface area contributed by atoms with E-state index < -0.39 is 68.1 Å². The Bertz CT molecular complexity index is 514. The molecule has 0 aliphatic carbocycles. The average molecular weight is 462 g/mol. The molecule has 0 saturated carbocycles. The summed E-state index contributed by atoms with van der Waals surface area (Å²) in [6.07, 6.45) is -11.2. The second-order valence-electron chi connectivity index (χ2n) is 7.18. The van der Waals surface area contributed by atoms with Crippen molar-refractivity contribution in [1.29, 1.82) is 0 Å². The Kier molecular flexibility index (Phi) is 7.66. The average Bonchev–Trinajstić information content (AvgIpc) is 2.42. The van der Waals surface area contributed by atoms with Crippen molar-refractivity contribution in [3.8, 4) is 0 Å². The van der Waals surface area contributed by atoms with Gasteiger partial charge >= 0.3 is 29.9 Å². The van der Waals surface area contributed by atoms with Gasteiger partial charge in [-0.05, 0) is 11.1 Å². The van der Waals surface area contributed by atoms with Crippen LogP contribution in [0, 0.1) is 0 Å². The molecule has 0 rings (SSSR count). The zero-order chi connectivity index (χ0) is 23.1. The summed E-state index contributed by atoms with van der Waals surface area (Å²) in [5.74, 6) is -27.7. The van der Waals surface area contributed by atoms with E-state index >= 15 is 0 Å². The first-order chi connectivity index (χ1) is 12.0. The van der Waals surface area contributed by atoms with Crippen LogP contribution in [0.25, 0.3) is 0 Å². The molecule has 0 aliphatic rings. The first kappa shape index (κ1) is 27.3. The lowest BCUT2D eigenvalue weighted by Gasteiger charge is -2.43. The fraction of sp³-hybridized carbons (Fsp3) is 1.00. The Labute approximate surface area is 154 Å². The van der Waals surface area contributed by atoms with E-state index in [1.165, 1.54) is 0 Å². The highest BCUT2D eigenvalue weighted by molar-refractivity contribution is 6.64. The van der Waals surface area contributed by atoms with Crippen molar-refractivity contribution < 1.29 is 57.1 Å². The maximum Gasteiger partial charge on any atom is 0.389 e. The van der Waals surface area contributed by atoms with Crippen molar-refractivity contribution in [3.63, 3.8) is 0 Å². The summed E-state index contributed by atoms with van der Waals surface area (Å²) in [6, 6.07) is 0. The van der Waals surface area contributed by atoms with E-state index in [0.29, 0.717) is 0 Å². The third kappa shape index (κ3) is 4.72. The van der Waals surface area contributed by atoms with Gasteiger partial charge in [0.25, 0.3) is 5.55 Å². The molecular formula is C14H19F13Si. The van der Waals surface area contributed by atoms with E-state index in [1.54, 1.807) is 0 Å². The number of hydrogen-bond acceptors (Lipinski definition) is 0. The van der Waals surface area contributed by atoms with Crippen molar-refractivity contribution in [1.82, 2.24) is 0 Å². The highest BCUT2D eigenvalue weighted by atomic mass is 28.3. The first-order valence-electron chi connectivity index (χ1n) is 7.93. The third-order valence-electron chi connectivity index (χ3n) is 4.24. The molecule has 0 saturated heterocycles. The predicted molar refractivity (Wildman–Crippen MR) is 77.4 cm³/mol. The smallest absolute Gasteiger partial charge is 0.205 e. The summed E-state index contributed by atoms with van der Waals surface area (Å²) in [5.41, 5.74) is -8.35. The van der Waals surface area contributed by atoms with Gasteiger partial charge in [0.05, 0.1) is 0 Å². The van der Waals surface area contributed by atoms with Gasteiger partial charge in [0.15, 0.2) is 0 Å². The van der Waals surface area contributed by atoms with Gasteiger partial charge in [-0.3, -0.25) is 0 Å². The molecular weight excluding hydrogens is 443 g/mol. The Morgan fingerprint density at radius 3 is 1.18 bits per heavy atom. The molecule has 0 radical (unpaired) electrons. The van der Waals surface area contributed by atoms with Crippen LogP contribution in [-0.2, 0) is 0 Å². The molecule has 0 heterocycles. The van der Waals surface area contributed by atoms with Gasteiger partial charge in [-0.25, -0.2) is 8.78 Å². The van der Waals surface area contributed by atoms with E-state index in [1.807, 2.05) is 0 Å². The van der Waals surface area contributed by atoms with Crippen LogP contribution in [0.15, 0.2) is 0 Å². The van der Waals surface area contributed by atoms with Gasteiger partial charge in [0.1, 0.15) is 8.80 Å². The first-order valence-corrected chi connectivity index (χ1v) is 9.84. The van der Waals surface area contributed by atoms with Crippen molar-refractivity contribution in [3.05, 3.63) is 0 Å². The molecule has 0 bridgehead atoms. The summed E-state index contributed by atoms with van der Waals surface area (Å²) < 4.78 is 174. The minimum atomic E-state index is -7.31. The van der Waals surface area contributed by atoms with Crippen LogP contribution >= 0.6 is 0 Å². The summed E-state index contributed by atoms with van der Waals surface area (Å²) in [4.78, 5) is 0. The molecule has 28 heavy (non-hydrogen) atoms. The van der Waals surface area contributed by atoms with Gasteiger partial charge in [0, 0.05) is 12.8 Å². The van der Waals surface area contributed by atoms with E-state index in [0.717, 1.165) is 27.7 Å². The highest BCUT2D eigenvalue weighted by Gasteiger charge is 2.86. The van der Waals surface area contributed by atoms with Crippen LogP contribution in [0.4, 0.5) is 57.1 Å². The minimum absolute atomic E-state index is 0.967. The van der Waals surface area contributed by atoms with Gasteiger partial charge in [-0.2, -0.15) is 48.3 Å². The molecule has 0 spiro atoms. The van der Waals surface area contributed by atoms with Crippen LogP contribution < -0.4 is 0 Å². The fourth-order valence-corrected chi connectivity index (χ4v) is 6.72. The van der Waals surface area contributed by atoms with Gasteiger partial charge in [-0.15, -0.1) is 0 Å². The lowest BCUT2D eigenvalue weighted by atomic mass is 9.95. The molecule has 0 N–H and O–H groups in total. The Hall–Kier alpha value is -0.693. The number of alkyl halides is 13. The van der Waals surface area contributed by atoms with Crippen LogP contribution in [-0.4, -0.2) is 44.2 Å². The number of hydrogen-bond donors (Lipinski definition) is 0. The zero-order valence-corrected chi connectivity index (χ0v) is 16.2. The molecule has 0 aromatic heterocycles. The quantitative estimate of drug-likeness (QED) is 0.254. The van der Waals surface area contributed by atoms with Crippen LogP contribution in [0.1, 0.15) is 40.5 Å². The SMILES string of the molecule is CC(C)[SiH](C(C)C)C(F)(F)C(F)(F)C(F)(F)C(F)(F)C(F)(F)CCC(F)(F)F. The van der Waals surface area contributed by atoms with Crippen LogP contribution in [0.3, 0.4) is 0 Å². The summed E-state index contributed by atoms with van der Waals surface area (Å²) >= 11 is 0. The topological polar surface area (TPSA) is 0 Å². The zero-order valence-electron chi connectivity index (χ0n) is 15.1. The van der Waals surface area contributed by atoms with Crippen molar-refractivity contribution in [2.45, 2.75) is 87.0 Å². The van der Waals surface area contributed by atoms with E-state index in [4.69, 9.17) is 0 Å². The van der Waals surface area contributed by atoms with E-state index in [2.05, 4.69) is 0 Å². The van der Waals surface area contributed by atoms with Crippen LogP contribution in [0.2, 0.25) is 11.1 Å². The van der Waals surface area contributed by atoms with Crippen molar-refractivity contribution >= 4 is 8.80 Å². The third-order valence-corrected chi connectivity index (χ3v) is 8.32. The van der Waals surface area contributed by atoms with Gasteiger partial charge in [-0.1, -0.05) is 27.7 Å². The monoisotopic (exact) mass is 462 g/mol. The standard InChI is InChI=1S/C14H19F13Si/c1-7(2)28(8(3)4)14(26,27)13(24,25)12(22,23)11(20,21)9(15,16)5-6-10(17,18)19/h7-8,28H,5-6H2,1-4H3. The summed E-state index contributed by atoms with van der Waals surface area (Å²) in [5, 5.41) is 0. The molecule has 14 heteroatoms. The second-order valence-corrected chi connectivity index (χ2v) is 11.6. The molecule has 0 atom stereocenters. The molecule has 0 amide bonds. The minimum Gasteiger partial charge on any atom is -0.205 e. The van der Waals surface area contributed by atoms with Crippen molar-refractivity contribution in [2.24, 2.45) is 0 Å². The Morgan fingerprint density at radius 2 is 0.893 bits per heavy atom. The molecule has 0 aliphatic heterocycles. The lowest BCUT2D eigenvalue weighted by Crippen LogP contribution is -2.70. The van der Waals surface area contributed by atoms with Crippen LogP contribution in [0.5, 0.6) is 0 Å². The van der Waals surface area contributed by atoms with Gasteiger partial charge < -0.3 is 0 Å². The molecule has 0 nitrogen and oxygen atoms in total. The van der Waals surface area contributed by atoms with Gasteiger partial charge in [0.2, 0.25) is 0 Å². The maximum absolute atomic E-state index is 14.2. The normalized spacial score (nSPS) is 15.9. The Morgan fingerprint density at radius 1 is 0.536 bits per heavy atom. The number of halogens is 13. The molecule has 0 fully saturated rings. The molecule has 0 aromatic rings. The van der Waals surface area contributed by atoms with Crippen molar-refractivity contribution in [2.75, 3.05) is 0 Å². The van der Waals surface area contributed by atoms with E-state index in [-0.39, 0.29) is 0 Å². The maximum atomic E-state index is 14.2. The Balaban J connectivity index is 6.22.